The molecule has 3 heterocycles. The molecule has 0 atom stereocenters. The molecular formula is C23H32N4O. The number of carbonyl (C=O) groups excluding carboxylic acids is 1. The molecule has 0 radical (unpaired) electrons. The number of hydrogen-bond donors (Lipinski definition) is 1. The van der Waals surface area contributed by atoms with Crippen LogP contribution < -0.4 is 0 Å². The van der Waals surface area contributed by atoms with Gasteiger partial charge in [-0.15, -0.1) is 0 Å². The zero-order valence-electron chi connectivity index (χ0n) is 16.8. The summed E-state index contributed by atoms with van der Waals surface area (Å²) in [5, 5.41) is 1.21. The Bertz CT molecular complexity index is 826. The van der Waals surface area contributed by atoms with E-state index in [0.717, 1.165) is 49.8 Å². The van der Waals surface area contributed by atoms with Crippen LogP contribution in [0.2, 0.25) is 0 Å². The number of rotatable bonds is 4. The summed E-state index contributed by atoms with van der Waals surface area (Å²) < 4.78 is 0. The fraction of sp³-hybridized carbons (Fsp3) is 0.609. The monoisotopic (exact) mass is 380 g/mol. The molecule has 2 aliphatic heterocycles. The van der Waals surface area contributed by atoms with Crippen LogP contribution in [0.15, 0.2) is 24.4 Å². The van der Waals surface area contributed by atoms with E-state index in [9.17, 15) is 4.79 Å². The van der Waals surface area contributed by atoms with Crippen molar-refractivity contribution in [3.63, 3.8) is 0 Å². The number of piperazine rings is 1. The maximum absolute atomic E-state index is 13.1. The normalized spacial score (nSPS) is 22.5. The Morgan fingerprint density at radius 2 is 1.75 bits per heavy atom. The van der Waals surface area contributed by atoms with Gasteiger partial charge in [0.25, 0.3) is 5.91 Å². The summed E-state index contributed by atoms with van der Waals surface area (Å²) >= 11 is 0. The first kappa shape index (κ1) is 18.2. The van der Waals surface area contributed by atoms with Gasteiger partial charge >= 0.3 is 0 Å². The molecule has 0 spiro atoms. The molecule has 2 saturated heterocycles. The minimum Gasteiger partial charge on any atom is -0.361 e. The summed E-state index contributed by atoms with van der Waals surface area (Å²) in [5.41, 5.74) is 3.30. The van der Waals surface area contributed by atoms with E-state index in [4.69, 9.17) is 0 Å². The summed E-state index contributed by atoms with van der Waals surface area (Å²) in [5.74, 6) is 0.195. The van der Waals surface area contributed by atoms with Crippen LogP contribution in [0.25, 0.3) is 10.9 Å². The van der Waals surface area contributed by atoms with Crippen LogP contribution in [0, 0.1) is 0 Å². The summed E-state index contributed by atoms with van der Waals surface area (Å²) in [6.45, 7) is 7.15. The zero-order chi connectivity index (χ0) is 18.9. The average molecular weight is 381 g/mol. The molecule has 1 aliphatic carbocycles. The van der Waals surface area contributed by atoms with E-state index in [-0.39, 0.29) is 5.91 Å². The Balaban J connectivity index is 1.28. The van der Waals surface area contributed by atoms with Gasteiger partial charge in [-0.3, -0.25) is 14.6 Å². The molecular weight excluding hydrogens is 348 g/mol. The number of amides is 1. The van der Waals surface area contributed by atoms with E-state index in [1.807, 2.05) is 11.0 Å². The third-order valence-electron chi connectivity index (χ3n) is 7.05. The Morgan fingerprint density at radius 1 is 0.964 bits per heavy atom. The lowest BCUT2D eigenvalue weighted by Gasteiger charge is -2.42. The number of carbonyl (C=O) groups is 1. The van der Waals surface area contributed by atoms with Crippen molar-refractivity contribution >= 4 is 16.8 Å². The summed E-state index contributed by atoms with van der Waals surface area (Å²) in [4.78, 5) is 23.7. The Kier molecular flexibility index (Phi) is 5.12. The Hall–Kier alpha value is -1.85. The number of likely N-dealkylation sites (tertiary alicyclic amines) is 1. The van der Waals surface area contributed by atoms with Crippen molar-refractivity contribution in [3.05, 3.63) is 35.5 Å². The molecule has 0 bridgehead atoms. The van der Waals surface area contributed by atoms with Crippen LogP contribution in [0.4, 0.5) is 0 Å². The van der Waals surface area contributed by atoms with Crippen molar-refractivity contribution in [1.82, 2.24) is 19.7 Å². The lowest BCUT2D eigenvalue weighted by atomic mass is 9.91. The Labute approximate surface area is 167 Å². The summed E-state index contributed by atoms with van der Waals surface area (Å²) in [6.07, 6.45) is 10.2. The second-order valence-electron chi connectivity index (χ2n) is 8.82. The van der Waals surface area contributed by atoms with E-state index >= 15 is 0 Å². The largest absolute Gasteiger partial charge is 0.361 e. The van der Waals surface area contributed by atoms with Crippen LogP contribution in [-0.2, 0) is 6.54 Å². The number of piperidine rings is 1. The third kappa shape index (κ3) is 3.58. The molecule has 5 rings (SSSR count). The number of nitrogens with one attached hydrogen (secondary N) is 1. The number of benzene rings is 1. The first-order valence-electron chi connectivity index (χ1n) is 11.1. The quantitative estimate of drug-likeness (QED) is 0.883. The van der Waals surface area contributed by atoms with Crippen molar-refractivity contribution in [2.75, 3.05) is 39.3 Å². The van der Waals surface area contributed by atoms with Gasteiger partial charge in [-0.2, -0.15) is 0 Å². The maximum Gasteiger partial charge on any atom is 0.253 e. The highest BCUT2D eigenvalue weighted by Gasteiger charge is 2.29. The molecule has 5 heteroatoms. The predicted octanol–water partition coefficient (Wildman–Crippen LogP) is 3.46. The highest BCUT2D eigenvalue weighted by Crippen LogP contribution is 2.27. The summed E-state index contributed by atoms with van der Waals surface area (Å²) in [6, 6.07) is 6.97. The van der Waals surface area contributed by atoms with Crippen LogP contribution in [-0.4, -0.2) is 70.9 Å². The molecule has 0 unspecified atom stereocenters. The van der Waals surface area contributed by atoms with Crippen molar-refractivity contribution in [2.24, 2.45) is 0 Å². The number of aromatic nitrogens is 1. The SMILES string of the molecule is O=C(c1ccc2[nH]cc(CN3CCCCC3)c2c1)N1CCN(C2CCC2)CC1. The minimum absolute atomic E-state index is 0.195. The van der Waals surface area contributed by atoms with Crippen molar-refractivity contribution in [2.45, 2.75) is 51.1 Å². The first-order valence-corrected chi connectivity index (χ1v) is 11.1. The minimum atomic E-state index is 0.195. The van der Waals surface area contributed by atoms with E-state index in [1.165, 1.54) is 62.6 Å². The first-order chi connectivity index (χ1) is 13.8. The molecule has 1 N–H and O–H groups in total. The van der Waals surface area contributed by atoms with Gasteiger partial charge in [0.2, 0.25) is 0 Å². The standard InChI is InChI=1S/C23H32N4O/c28-23(27-13-11-26(12-14-27)20-5-4-6-20)18-7-8-22-21(15-18)19(16-24-22)17-25-9-2-1-3-10-25/h7-8,15-16,20,24H,1-6,9-14,17H2. The second-order valence-corrected chi connectivity index (χ2v) is 8.82. The summed E-state index contributed by atoms with van der Waals surface area (Å²) in [7, 11) is 0. The number of hydrogen-bond acceptors (Lipinski definition) is 3. The van der Waals surface area contributed by atoms with Crippen LogP contribution >= 0.6 is 0 Å². The molecule has 2 aromatic rings. The molecule has 1 amide bonds. The number of H-pyrrole nitrogens is 1. The van der Waals surface area contributed by atoms with Crippen molar-refractivity contribution in [3.8, 4) is 0 Å². The molecule has 1 aromatic heterocycles. The van der Waals surface area contributed by atoms with Gasteiger partial charge < -0.3 is 9.88 Å². The fourth-order valence-electron chi connectivity index (χ4n) is 5.03. The highest BCUT2D eigenvalue weighted by molar-refractivity contribution is 5.98. The average Bonchev–Trinajstić information content (AvgIpc) is 3.09. The van der Waals surface area contributed by atoms with E-state index < -0.39 is 0 Å². The van der Waals surface area contributed by atoms with Crippen LogP contribution in [0.5, 0.6) is 0 Å². The molecule has 3 fully saturated rings. The van der Waals surface area contributed by atoms with E-state index in [0.29, 0.717) is 0 Å². The molecule has 5 nitrogen and oxygen atoms in total. The van der Waals surface area contributed by atoms with Crippen molar-refractivity contribution < 1.29 is 4.79 Å². The van der Waals surface area contributed by atoms with E-state index in [1.54, 1.807) is 0 Å². The molecule has 28 heavy (non-hydrogen) atoms. The smallest absolute Gasteiger partial charge is 0.253 e. The molecule has 150 valence electrons. The van der Waals surface area contributed by atoms with Crippen LogP contribution in [0.1, 0.15) is 54.4 Å². The molecule has 1 aromatic carbocycles. The Morgan fingerprint density at radius 3 is 2.46 bits per heavy atom. The zero-order valence-corrected chi connectivity index (χ0v) is 16.8. The lowest BCUT2D eigenvalue weighted by Crippen LogP contribution is -2.53. The van der Waals surface area contributed by atoms with Crippen LogP contribution in [0.3, 0.4) is 0 Å². The van der Waals surface area contributed by atoms with Gasteiger partial charge in [0.05, 0.1) is 0 Å². The number of nitrogens with zero attached hydrogens (tertiary/aromatic N) is 3. The van der Waals surface area contributed by atoms with Gasteiger partial charge in [0, 0.05) is 61.4 Å². The maximum atomic E-state index is 13.1. The van der Waals surface area contributed by atoms with E-state index in [2.05, 4.69) is 33.1 Å². The fourth-order valence-corrected chi connectivity index (χ4v) is 5.03. The number of aromatic amines is 1. The van der Waals surface area contributed by atoms with Gasteiger partial charge in [-0.05, 0) is 62.5 Å². The highest BCUT2D eigenvalue weighted by atomic mass is 16.2. The molecule has 3 aliphatic rings. The third-order valence-corrected chi connectivity index (χ3v) is 7.05. The lowest BCUT2D eigenvalue weighted by molar-refractivity contribution is 0.0455. The number of fused-ring (bicyclic) bond motifs is 1. The molecule has 1 saturated carbocycles. The topological polar surface area (TPSA) is 42.6 Å². The predicted molar refractivity (Wildman–Crippen MR) is 113 cm³/mol. The van der Waals surface area contributed by atoms with Gasteiger partial charge in [-0.1, -0.05) is 12.8 Å². The van der Waals surface area contributed by atoms with Crippen molar-refractivity contribution in [1.29, 1.82) is 0 Å². The van der Waals surface area contributed by atoms with Gasteiger partial charge in [0.1, 0.15) is 0 Å². The van der Waals surface area contributed by atoms with Gasteiger partial charge in [0.15, 0.2) is 0 Å². The second kappa shape index (κ2) is 7.88. The van der Waals surface area contributed by atoms with Gasteiger partial charge in [-0.25, -0.2) is 0 Å².